The fourth-order valence-electron chi connectivity index (χ4n) is 1.97. The first-order valence-electron chi connectivity index (χ1n) is 6.40. The molecule has 2 aromatic rings. The van der Waals surface area contributed by atoms with Crippen LogP contribution in [0.3, 0.4) is 0 Å². The SMILES string of the molecule is CCn1c(C)nnc1SCc1cc([N+](=O)[O-])ccc1OC. The van der Waals surface area contributed by atoms with Crippen LogP contribution in [0.5, 0.6) is 5.75 Å². The van der Waals surface area contributed by atoms with Gasteiger partial charge in [0.1, 0.15) is 11.6 Å². The number of nitrogens with zero attached hydrogens (tertiary/aromatic N) is 4. The number of thioether (sulfide) groups is 1. The molecule has 8 heteroatoms. The summed E-state index contributed by atoms with van der Waals surface area (Å²) in [6.45, 7) is 4.70. The fourth-order valence-corrected chi connectivity index (χ4v) is 2.99. The first kappa shape index (κ1) is 15.3. The van der Waals surface area contributed by atoms with Crippen LogP contribution in [-0.4, -0.2) is 26.8 Å². The van der Waals surface area contributed by atoms with E-state index < -0.39 is 4.92 Å². The minimum absolute atomic E-state index is 0.0551. The fraction of sp³-hybridized carbons (Fsp3) is 0.385. The Kier molecular flexibility index (Phi) is 4.79. The highest BCUT2D eigenvalue weighted by Crippen LogP contribution is 2.30. The van der Waals surface area contributed by atoms with Crippen molar-refractivity contribution in [1.29, 1.82) is 0 Å². The number of aryl methyl sites for hydroxylation is 1. The lowest BCUT2D eigenvalue weighted by Crippen LogP contribution is -2.00. The molecule has 0 aliphatic heterocycles. The Morgan fingerprint density at radius 2 is 2.19 bits per heavy atom. The molecule has 0 aliphatic carbocycles. The van der Waals surface area contributed by atoms with Crippen molar-refractivity contribution < 1.29 is 9.66 Å². The van der Waals surface area contributed by atoms with Crippen molar-refractivity contribution in [3.8, 4) is 5.75 Å². The maximum absolute atomic E-state index is 10.9. The van der Waals surface area contributed by atoms with E-state index in [1.165, 1.54) is 23.9 Å². The zero-order valence-corrected chi connectivity index (χ0v) is 12.9. The third-order valence-electron chi connectivity index (χ3n) is 3.05. The Balaban J connectivity index is 2.22. The average molecular weight is 308 g/mol. The number of ether oxygens (including phenoxy) is 1. The third kappa shape index (κ3) is 3.33. The highest BCUT2D eigenvalue weighted by atomic mass is 32.2. The van der Waals surface area contributed by atoms with E-state index in [0.29, 0.717) is 11.5 Å². The van der Waals surface area contributed by atoms with Crippen molar-refractivity contribution >= 4 is 17.4 Å². The van der Waals surface area contributed by atoms with Gasteiger partial charge in [-0.1, -0.05) is 11.8 Å². The molecule has 0 unspecified atom stereocenters. The molecule has 112 valence electrons. The molecule has 1 aromatic heterocycles. The van der Waals surface area contributed by atoms with Crippen molar-refractivity contribution in [1.82, 2.24) is 14.8 Å². The van der Waals surface area contributed by atoms with E-state index in [-0.39, 0.29) is 5.69 Å². The molecule has 1 aromatic carbocycles. The first-order chi connectivity index (χ1) is 10.1. The summed E-state index contributed by atoms with van der Waals surface area (Å²) in [5.74, 6) is 2.02. The molecule has 0 amide bonds. The Hall–Kier alpha value is -2.09. The molecule has 0 aliphatic rings. The maximum Gasteiger partial charge on any atom is 0.270 e. The Morgan fingerprint density at radius 1 is 1.43 bits per heavy atom. The van der Waals surface area contributed by atoms with Gasteiger partial charge in [0, 0.05) is 30.0 Å². The van der Waals surface area contributed by atoms with E-state index in [9.17, 15) is 10.1 Å². The molecule has 1 heterocycles. The van der Waals surface area contributed by atoms with Crippen LogP contribution in [0.15, 0.2) is 23.4 Å². The molecule has 0 atom stereocenters. The van der Waals surface area contributed by atoms with Crippen LogP contribution >= 0.6 is 11.8 Å². The van der Waals surface area contributed by atoms with Crippen LogP contribution in [-0.2, 0) is 12.3 Å². The summed E-state index contributed by atoms with van der Waals surface area (Å²) < 4.78 is 7.25. The lowest BCUT2D eigenvalue weighted by atomic mass is 10.2. The average Bonchev–Trinajstić information content (AvgIpc) is 2.84. The molecule has 0 saturated carbocycles. The minimum Gasteiger partial charge on any atom is -0.496 e. The van der Waals surface area contributed by atoms with E-state index in [4.69, 9.17) is 4.74 Å². The quantitative estimate of drug-likeness (QED) is 0.463. The van der Waals surface area contributed by atoms with Gasteiger partial charge in [0.25, 0.3) is 5.69 Å². The predicted molar refractivity (Wildman–Crippen MR) is 79.6 cm³/mol. The molecule has 0 N–H and O–H groups in total. The van der Waals surface area contributed by atoms with Crippen molar-refractivity contribution in [2.75, 3.05) is 7.11 Å². The second-order valence-electron chi connectivity index (χ2n) is 4.32. The Morgan fingerprint density at radius 3 is 2.81 bits per heavy atom. The molecule has 0 spiro atoms. The number of methoxy groups -OCH3 is 1. The molecule has 0 bridgehead atoms. The van der Waals surface area contributed by atoms with Gasteiger partial charge >= 0.3 is 0 Å². The Bertz CT molecular complexity index is 657. The van der Waals surface area contributed by atoms with E-state index in [1.54, 1.807) is 13.2 Å². The summed E-state index contributed by atoms with van der Waals surface area (Å²) in [4.78, 5) is 10.5. The Labute approximate surface area is 126 Å². The number of hydrogen-bond donors (Lipinski definition) is 0. The molecule has 2 rings (SSSR count). The zero-order chi connectivity index (χ0) is 15.4. The zero-order valence-electron chi connectivity index (χ0n) is 12.1. The van der Waals surface area contributed by atoms with E-state index in [1.807, 2.05) is 18.4 Å². The smallest absolute Gasteiger partial charge is 0.270 e. The van der Waals surface area contributed by atoms with Gasteiger partial charge in [-0.3, -0.25) is 10.1 Å². The summed E-state index contributed by atoms with van der Waals surface area (Å²) in [6, 6.07) is 4.58. The normalized spacial score (nSPS) is 10.6. The van der Waals surface area contributed by atoms with Gasteiger partial charge in [0.2, 0.25) is 0 Å². The summed E-state index contributed by atoms with van der Waals surface area (Å²) in [5, 5.41) is 19.8. The topological polar surface area (TPSA) is 83.1 Å². The second kappa shape index (κ2) is 6.57. The van der Waals surface area contributed by atoms with Gasteiger partial charge in [0.15, 0.2) is 5.16 Å². The van der Waals surface area contributed by atoms with Crippen molar-refractivity contribution in [2.24, 2.45) is 0 Å². The molecule has 0 saturated heterocycles. The largest absolute Gasteiger partial charge is 0.496 e. The van der Waals surface area contributed by atoms with Crippen LogP contribution in [0.1, 0.15) is 18.3 Å². The van der Waals surface area contributed by atoms with Crippen LogP contribution in [0.2, 0.25) is 0 Å². The molecule has 0 radical (unpaired) electrons. The van der Waals surface area contributed by atoms with Crippen LogP contribution < -0.4 is 4.74 Å². The van der Waals surface area contributed by atoms with E-state index in [2.05, 4.69) is 10.2 Å². The van der Waals surface area contributed by atoms with Gasteiger partial charge in [-0.25, -0.2) is 0 Å². The number of nitro benzene ring substituents is 1. The van der Waals surface area contributed by atoms with Gasteiger partial charge < -0.3 is 9.30 Å². The highest BCUT2D eigenvalue weighted by Gasteiger charge is 2.14. The number of non-ortho nitro benzene ring substituents is 1. The number of rotatable bonds is 6. The van der Waals surface area contributed by atoms with Crippen LogP contribution in [0.4, 0.5) is 5.69 Å². The molecule has 0 fully saturated rings. The molecular weight excluding hydrogens is 292 g/mol. The van der Waals surface area contributed by atoms with Crippen LogP contribution in [0, 0.1) is 17.0 Å². The summed E-state index contributed by atoms with van der Waals surface area (Å²) in [6.07, 6.45) is 0. The lowest BCUT2D eigenvalue weighted by molar-refractivity contribution is -0.384. The standard InChI is InChI=1S/C13H16N4O3S/c1-4-16-9(2)14-15-13(16)21-8-10-7-11(17(18)19)5-6-12(10)20-3/h5-7H,4,8H2,1-3H3. The van der Waals surface area contributed by atoms with Gasteiger partial charge in [-0.05, 0) is 19.9 Å². The lowest BCUT2D eigenvalue weighted by Gasteiger charge is -2.08. The number of benzene rings is 1. The molecule has 7 nitrogen and oxygen atoms in total. The van der Waals surface area contributed by atoms with E-state index >= 15 is 0 Å². The molecule has 21 heavy (non-hydrogen) atoms. The number of hydrogen-bond acceptors (Lipinski definition) is 6. The summed E-state index contributed by atoms with van der Waals surface area (Å²) >= 11 is 1.48. The van der Waals surface area contributed by atoms with Crippen molar-refractivity contribution in [3.05, 3.63) is 39.7 Å². The minimum atomic E-state index is -0.410. The van der Waals surface area contributed by atoms with Crippen molar-refractivity contribution in [3.63, 3.8) is 0 Å². The third-order valence-corrected chi connectivity index (χ3v) is 4.07. The maximum atomic E-state index is 10.9. The van der Waals surface area contributed by atoms with E-state index in [0.717, 1.165) is 23.1 Å². The predicted octanol–water partition coefficient (Wildman–Crippen LogP) is 2.82. The number of nitro groups is 1. The van der Waals surface area contributed by atoms with Gasteiger partial charge in [-0.2, -0.15) is 0 Å². The molecular formula is C13H16N4O3S. The van der Waals surface area contributed by atoms with Gasteiger partial charge in [-0.15, -0.1) is 10.2 Å². The summed E-state index contributed by atoms with van der Waals surface area (Å²) in [5.41, 5.74) is 0.819. The second-order valence-corrected chi connectivity index (χ2v) is 5.26. The van der Waals surface area contributed by atoms with Crippen LogP contribution in [0.25, 0.3) is 0 Å². The number of aromatic nitrogens is 3. The van der Waals surface area contributed by atoms with Gasteiger partial charge in [0.05, 0.1) is 12.0 Å². The first-order valence-corrected chi connectivity index (χ1v) is 7.39. The monoisotopic (exact) mass is 308 g/mol. The highest BCUT2D eigenvalue weighted by molar-refractivity contribution is 7.98. The summed E-state index contributed by atoms with van der Waals surface area (Å²) in [7, 11) is 1.55. The van der Waals surface area contributed by atoms with Crippen molar-refractivity contribution in [2.45, 2.75) is 31.3 Å².